The predicted molar refractivity (Wildman–Crippen MR) is 45.5 cm³/mol. The molecule has 0 radical (unpaired) electrons. The maximum atomic E-state index is 11.6. The topological polar surface area (TPSA) is 37.4 Å². The van der Waals surface area contributed by atoms with Gasteiger partial charge in [-0.25, -0.2) is 0 Å². The molecular weight excluding hydrogens is 166 g/mol. The van der Waals surface area contributed by atoms with Gasteiger partial charge in [-0.05, 0) is 5.57 Å². The summed E-state index contributed by atoms with van der Waals surface area (Å²) < 4.78 is 0. The summed E-state index contributed by atoms with van der Waals surface area (Å²) >= 11 is 0. The number of amides is 2. The zero-order valence-corrected chi connectivity index (χ0v) is 7.23. The second-order valence-corrected chi connectivity index (χ2v) is 3.84. The van der Waals surface area contributed by atoms with E-state index in [1.54, 1.807) is 7.05 Å². The summed E-state index contributed by atoms with van der Waals surface area (Å²) in [5.74, 6) is -0.143. The largest absolute Gasteiger partial charge is 0.285 e. The van der Waals surface area contributed by atoms with Crippen molar-refractivity contribution in [3.05, 3.63) is 23.8 Å². The predicted octanol–water partition coefficient (Wildman–Crippen LogP) is 0.343. The summed E-state index contributed by atoms with van der Waals surface area (Å²) in [6.07, 6.45) is 6.02. The number of imide groups is 1. The lowest BCUT2D eigenvalue weighted by atomic mass is 9.84. The van der Waals surface area contributed by atoms with E-state index in [1.165, 1.54) is 4.90 Å². The molecule has 1 fully saturated rings. The van der Waals surface area contributed by atoms with E-state index in [-0.39, 0.29) is 29.6 Å². The number of allylic oxidation sites excluding steroid dienone is 3. The van der Waals surface area contributed by atoms with Crippen LogP contribution < -0.4 is 0 Å². The highest BCUT2D eigenvalue weighted by atomic mass is 16.2. The van der Waals surface area contributed by atoms with Crippen molar-refractivity contribution < 1.29 is 9.59 Å². The molecule has 2 bridgehead atoms. The van der Waals surface area contributed by atoms with Gasteiger partial charge in [0.05, 0.1) is 11.8 Å². The normalized spacial score (nSPS) is 40.2. The van der Waals surface area contributed by atoms with Gasteiger partial charge < -0.3 is 0 Å². The van der Waals surface area contributed by atoms with Gasteiger partial charge in [0.2, 0.25) is 11.8 Å². The van der Waals surface area contributed by atoms with E-state index in [1.807, 2.05) is 18.2 Å². The van der Waals surface area contributed by atoms with Crippen molar-refractivity contribution in [3.63, 3.8) is 0 Å². The van der Waals surface area contributed by atoms with Crippen molar-refractivity contribution in [3.8, 4) is 0 Å². The van der Waals surface area contributed by atoms with Crippen LogP contribution in [0.2, 0.25) is 0 Å². The Morgan fingerprint density at radius 2 is 2.08 bits per heavy atom. The maximum absolute atomic E-state index is 11.6. The maximum Gasteiger partial charge on any atom is 0.237 e. The van der Waals surface area contributed by atoms with Gasteiger partial charge in [0.15, 0.2) is 0 Å². The highest BCUT2D eigenvalue weighted by Crippen LogP contribution is 2.47. The van der Waals surface area contributed by atoms with Crippen LogP contribution >= 0.6 is 0 Å². The van der Waals surface area contributed by atoms with E-state index in [9.17, 15) is 9.59 Å². The van der Waals surface area contributed by atoms with Crippen LogP contribution in [0.1, 0.15) is 0 Å². The van der Waals surface area contributed by atoms with Crippen LogP contribution in [0, 0.1) is 17.8 Å². The van der Waals surface area contributed by atoms with Crippen molar-refractivity contribution in [2.75, 3.05) is 7.05 Å². The second-order valence-electron chi connectivity index (χ2n) is 3.84. The molecule has 1 aliphatic heterocycles. The number of hydrogen-bond donors (Lipinski definition) is 0. The Labute approximate surface area is 75.7 Å². The molecule has 3 heteroatoms. The van der Waals surface area contributed by atoms with Gasteiger partial charge in [-0.3, -0.25) is 14.5 Å². The number of fused-ring (bicyclic) bond motifs is 4. The Kier molecular flexibility index (Phi) is 1.04. The van der Waals surface area contributed by atoms with Crippen LogP contribution in [0.25, 0.3) is 0 Å². The molecule has 3 unspecified atom stereocenters. The van der Waals surface area contributed by atoms with Crippen molar-refractivity contribution in [2.24, 2.45) is 17.8 Å². The SMILES string of the molecule is CN1C(=O)C2C3=CC(C=C3)C2C1=O. The summed E-state index contributed by atoms with van der Waals surface area (Å²) in [5.41, 5.74) is 1.04. The molecule has 2 aliphatic carbocycles. The molecule has 0 aromatic carbocycles. The number of likely N-dealkylation sites (tertiary alicyclic amines) is 1. The van der Waals surface area contributed by atoms with E-state index >= 15 is 0 Å². The van der Waals surface area contributed by atoms with Gasteiger partial charge in [0, 0.05) is 13.0 Å². The first-order valence-electron chi connectivity index (χ1n) is 4.41. The first-order valence-corrected chi connectivity index (χ1v) is 4.41. The van der Waals surface area contributed by atoms with E-state index in [4.69, 9.17) is 0 Å². The highest BCUT2D eigenvalue weighted by molar-refractivity contribution is 6.08. The molecule has 0 spiro atoms. The first kappa shape index (κ1) is 7.06. The van der Waals surface area contributed by atoms with Gasteiger partial charge in [-0.1, -0.05) is 18.2 Å². The van der Waals surface area contributed by atoms with E-state index < -0.39 is 0 Å². The average Bonchev–Trinajstić information content (AvgIpc) is 2.76. The fraction of sp³-hybridized carbons (Fsp3) is 0.400. The Morgan fingerprint density at radius 3 is 2.77 bits per heavy atom. The number of rotatable bonds is 0. The molecular formula is C10H9NO2. The summed E-state index contributed by atoms with van der Waals surface area (Å²) in [7, 11) is 1.57. The van der Waals surface area contributed by atoms with Gasteiger partial charge in [0.1, 0.15) is 0 Å². The molecule has 0 N–H and O–H groups in total. The third kappa shape index (κ3) is 0.622. The monoisotopic (exact) mass is 175 g/mol. The van der Waals surface area contributed by atoms with E-state index in [0.717, 1.165) is 5.57 Å². The van der Waals surface area contributed by atoms with E-state index in [2.05, 4.69) is 0 Å². The lowest BCUT2D eigenvalue weighted by Crippen LogP contribution is -2.27. The van der Waals surface area contributed by atoms with Crippen molar-refractivity contribution >= 4 is 11.8 Å². The second kappa shape index (κ2) is 1.92. The number of carbonyl (C=O) groups excluding carboxylic acids is 2. The minimum Gasteiger partial charge on any atom is -0.285 e. The van der Waals surface area contributed by atoms with Gasteiger partial charge in [-0.15, -0.1) is 0 Å². The molecule has 3 atom stereocenters. The van der Waals surface area contributed by atoms with Crippen molar-refractivity contribution in [1.82, 2.24) is 4.90 Å². The van der Waals surface area contributed by atoms with Crippen LogP contribution in [0.15, 0.2) is 23.8 Å². The molecule has 3 nitrogen and oxygen atoms in total. The Morgan fingerprint density at radius 1 is 1.31 bits per heavy atom. The summed E-state index contributed by atoms with van der Waals surface area (Å²) in [4.78, 5) is 24.5. The average molecular weight is 175 g/mol. The summed E-state index contributed by atoms with van der Waals surface area (Å²) in [6, 6.07) is 0. The molecule has 1 heterocycles. The fourth-order valence-electron chi connectivity index (χ4n) is 2.56. The number of nitrogens with zero attached hydrogens (tertiary/aromatic N) is 1. The zero-order valence-electron chi connectivity index (χ0n) is 7.23. The lowest BCUT2D eigenvalue weighted by Gasteiger charge is -2.14. The van der Waals surface area contributed by atoms with Crippen molar-refractivity contribution in [2.45, 2.75) is 0 Å². The molecule has 3 aliphatic rings. The van der Waals surface area contributed by atoms with Crippen molar-refractivity contribution in [1.29, 1.82) is 0 Å². The van der Waals surface area contributed by atoms with E-state index in [0.29, 0.717) is 0 Å². The summed E-state index contributed by atoms with van der Waals surface area (Å²) in [6.45, 7) is 0. The third-order valence-corrected chi connectivity index (χ3v) is 3.24. The van der Waals surface area contributed by atoms with Crippen LogP contribution in [-0.2, 0) is 9.59 Å². The molecule has 1 saturated heterocycles. The van der Waals surface area contributed by atoms with Gasteiger partial charge in [0.25, 0.3) is 0 Å². The Hall–Kier alpha value is -1.38. The van der Waals surface area contributed by atoms with Crippen LogP contribution in [0.4, 0.5) is 0 Å². The molecule has 13 heavy (non-hydrogen) atoms. The molecule has 0 saturated carbocycles. The first-order chi connectivity index (χ1) is 6.20. The van der Waals surface area contributed by atoms with Crippen LogP contribution in [0.3, 0.4) is 0 Å². The minimum atomic E-state index is -0.160. The molecule has 0 aromatic heterocycles. The Bertz CT molecular complexity index is 380. The van der Waals surface area contributed by atoms with Gasteiger partial charge >= 0.3 is 0 Å². The van der Waals surface area contributed by atoms with Crippen LogP contribution in [-0.4, -0.2) is 23.8 Å². The van der Waals surface area contributed by atoms with Crippen LogP contribution in [0.5, 0.6) is 0 Å². The molecule has 66 valence electrons. The molecule has 3 rings (SSSR count). The quantitative estimate of drug-likeness (QED) is 0.498. The molecule has 0 aromatic rings. The fourth-order valence-corrected chi connectivity index (χ4v) is 2.56. The smallest absolute Gasteiger partial charge is 0.237 e. The number of hydrogen-bond acceptors (Lipinski definition) is 2. The Balaban J connectivity index is 2.12. The third-order valence-electron chi connectivity index (χ3n) is 3.24. The summed E-state index contributed by atoms with van der Waals surface area (Å²) in [5, 5.41) is 0. The minimum absolute atomic E-state index is 0.0180. The standard InChI is InChI=1S/C10H9NO2/c1-11-9(12)7-5-2-3-6(4-5)8(7)10(11)13/h2-5,7-8H,1H3. The molecule has 2 amide bonds. The highest BCUT2D eigenvalue weighted by Gasteiger charge is 2.54. The number of carbonyl (C=O) groups is 2. The zero-order chi connectivity index (χ0) is 9.16. The lowest BCUT2D eigenvalue weighted by molar-refractivity contribution is -0.138. The van der Waals surface area contributed by atoms with Gasteiger partial charge in [-0.2, -0.15) is 0 Å².